The predicted octanol–water partition coefficient (Wildman–Crippen LogP) is -0.892. The number of rotatable bonds is 7. The van der Waals surface area contributed by atoms with Crippen LogP contribution in [-0.2, 0) is 9.59 Å². The molecule has 0 saturated carbocycles. The van der Waals surface area contributed by atoms with Crippen molar-refractivity contribution >= 4 is 11.8 Å². The van der Waals surface area contributed by atoms with Gasteiger partial charge in [-0.15, -0.1) is 0 Å². The van der Waals surface area contributed by atoms with Gasteiger partial charge in [0.15, 0.2) is 0 Å². The third kappa shape index (κ3) is 7.24. The summed E-state index contributed by atoms with van der Waals surface area (Å²) in [5.74, 6) is -0.711. The van der Waals surface area contributed by atoms with Gasteiger partial charge in [-0.3, -0.25) is 9.59 Å². The topological polar surface area (TPSA) is 78.7 Å². The Morgan fingerprint density at radius 3 is 2.28 bits per heavy atom. The molecule has 0 fully saturated rings. The second-order valence-electron chi connectivity index (χ2n) is 4.99. The second kappa shape index (κ2) is 8.88. The van der Waals surface area contributed by atoms with E-state index in [-0.39, 0.29) is 0 Å². The van der Waals surface area contributed by atoms with Crippen LogP contribution in [0.2, 0.25) is 0 Å². The van der Waals surface area contributed by atoms with Gasteiger partial charge in [0.2, 0.25) is 0 Å². The average Bonchev–Trinajstić information content (AvgIpc) is 2.29. The smallest absolute Gasteiger partial charge is 0.311 e. The predicted molar refractivity (Wildman–Crippen MR) is 72.0 cm³/mol. The van der Waals surface area contributed by atoms with Gasteiger partial charge in [0, 0.05) is 32.7 Å². The number of hydrogen-bond acceptors (Lipinski definition) is 4. The first kappa shape index (κ1) is 16.9. The van der Waals surface area contributed by atoms with Crippen molar-refractivity contribution in [1.82, 2.24) is 15.1 Å². The first-order valence-electron chi connectivity index (χ1n) is 6.30. The Balaban J connectivity index is 4.42. The van der Waals surface area contributed by atoms with E-state index in [1.165, 1.54) is 0 Å². The average molecular weight is 258 g/mol. The second-order valence-corrected chi connectivity index (χ2v) is 4.99. The zero-order valence-electron chi connectivity index (χ0n) is 11.9. The van der Waals surface area contributed by atoms with Crippen LogP contribution in [0.15, 0.2) is 0 Å². The number of likely N-dealkylation sites (N-methyl/N-ethyl adjacent to an activating group) is 1. The molecular formula is C12H26N4O2. The lowest BCUT2D eigenvalue weighted by atomic mass is 10.2. The number of nitrogens with zero attached hydrogens (tertiary/aromatic N) is 2. The largest absolute Gasteiger partial charge is 0.347 e. The molecule has 0 aliphatic rings. The lowest BCUT2D eigenvalue weighted by Crippen LogP contribution is -2.47. The number of nitrogens with two attached hydrogens (primary N) is 1. The van der Waals surface area contributed by atoms with E-state index in [1.54, 1.807) is 4.90 Å². The van der Waals surface area contributed by atoms with Crippen LogP contribution in [0.25, 0.3) is 0 Å². The van der Waals surface area contributed by atoms with Crippen LogP contribution in [0.1, 0.15) is 13.8 Å². The Morgan fingerprint density at radius 1 is 1.22 bits per heavy atom. The van der Waals surface area contributed by atoms with Crippen molar-refractivity contribution in [2.75, 3.05) is 46.8 Å². The van der Waals surface area contributed by atoms with E-state index >= 15 is 0 Å². The van der Waals surface area contributed by atoms with Crippen molar-refractivity contribution in [2.24, 2.45) is 11.7 Å². The quantitative estimate of drug-likeness (QED) is 0.581. The van der Waals surface area contributed by atoms with Crippen LogP contribution in [0.4, 0.5) is 0 Å². The summed E-state index contributed by atoms with van der Waals surface area (Å²) in [7, 11) is 3.87. The lowest BCUT2D eigenvalue weighted by Gasteiger charge is -2.25. The molecule has 3 N–H and O–H groups in total. The summed E-state index contributed by atoms with van der Waals surface area (Å²) in [5.41, 5.74) is 5.29. The van der Waals surface area contributed by atoms with Gasteiger partial charge in [0.1, 0.15) is 0 Å². The fourth-order valence-corrected chi connectivity index (χ4v) is 1.44. The van der Waals surface area contributed by atoms with Gasteiger partial charge in [0.25, 0.3) is 0 Å². The summed E-state index contributed by atoms with van der Waals surface area (Å²) < 4.78 is 0. The van der Waals surface area contributed by atoms with E-state index in [9.17, 15) is 9.59 Å². The van der Waals surface area contributed by atoms with E-state index in [2.05, 4.69) is 5.32 Å². The first-order valence-corrected chi connectivity index (χ1v) is 6.30. The highest BCUT2D eigenvalue weighted by atomic mass is 16.2. The minimum atomic E-state index is -0.570. The molecule has 106 valence electrons. The van der Waals surface area contributed by atoms with Crippen molar-refractivity contribution in [3.05, 3.63) is 0 Å². The van der Waals surface area contributed by atoms with Gasteiger partial charge in [-0.2, -0.15) is 0 Å². The van der Waals surface area contributed by atoms with Gasteiger partial charge < -0.3 is 20.9 Å². The summed E-state index contributed by atoms with van der Waals surface area (Å²) >= 11 is 0. The van der Waals surface area contributed by atoms with Crippen LogP contribution < -0.4 is 11.1 Å². The van der Waals surface area contributed by atoms with E-state index < -0.39 is 11.8 Å². The summed E-state index contributed by atoms with van der Waals surface area (Å²) in [6.45, 7) is 6.58. The van der Waals surface area contributed by atoms with E-state index in [1.807, 2.05) is 32.8 Å². The SMILES string of the molecule is CC(C)CN(CCN(C)C)C(=O)C(=O)NCCN. The van der Waals surface area contributed by atoms with Gasteiger partial charge in [0.05, 0.1) is 0 Å². The molecule has 6 heteroatoms. The molecule has 0 unspecified atom stereocenters. The highest BCUT2D eigenvalue weighted by molar-refractivity contribution is 6.35. The molecule has 2 amide bonds. The molecular weight excluding hydrogens is 232 g/mol. The standard InChI is InChI=1S/C12H26N4O2/c1-10(2)9-16(8-7-15(3)4)12(18)11(17)14-6-5-13/h10H,5-9,13H2,1-4H3,(H,14,17). The van der Waals surface area contributed by atoms with Gasteiger partial charge >= 0.3 is 11.8 Å². The van der Waals surface area contributed by atoms with Crippen molar-refractivity contribution in [3.63, 3.8) is 0 Å². The van der Waals surface area contributed by atoms with Crippen LogP contribution in [0, 0.1) is 5.92 Å². The number of hydrogen-bond donors (Lipinski definition) is 2. The minimum Gasteiger partial charge on any atom is -0.347 e. The molecule has 0 saturated heterocycles. The van der Waals surface area contributed by atoms with E-state index in [4.69, 9.17) is 5.73 Å². The molecule has 6 nitrogen and oxygen atoms in total. The Bertz CT molecular complexity index is 267. The third-order valence-electron chi connectivity index (χ3n) is 2.31. The van der Waals surface area contributed by atoms with Crippen molar-refractivity contribution in [1.29, 1.82) is 0 Å². The molecule has 0 aromatic rings. The Hall–Kier alpha value is -1.14. The summed E-state index contributed by atoms with van der Waals surface area (Å²) in [4.78, 5) is 27.1. The summed E-state index contributed by atoms with van der Waals surface area (Å²) in [5, 5.41) is 2.50. The molecule has 0 aliphatic heterocycles. The first-order chi connectivity index (χ1) is 8.38. The monoisotopic (exact) mass is 258 g/mol. The van der Waals surface area contributed by atoms with Gasteiger partial charge in [-0.25, -0.2) is 0 Å². The van der Waals surface area contributed by atoms with Crippen molar-refractivity contribution in [3.8, 4) is 0 Å². The molecule has 0 aromatic heterocycles. The Labute approximate surface area is 109 Å². The fraction of sp³-hybridized carbons (Fsp3) is 0.833. The van der Waals surface area contributed by atoms with Crippen molar-refractivity contribution < 1.29 is 9.59 Å². The molecule has 0 aromatic carbocycles. The lowest BCUT2D eigenvalue weighted by molar-refractivity contribution is -0.146. The van der Waals surface area contributed by atoms with Gasteiger partial charge in [-0.05, 0) is 20.0 Å². The van der Waals surface area contributed by atoms with E-state index in [0.29, 0.717) is 32.1 Å². The third-order valence-corrected chi connectivity index (χ3v) is 2.31. The fourth-order valence-electron chi connectivity index (χ4n) is 1.44. The molecule has 0 bridgehead atoms. The molecule has 18 heavy (non-hydrogen) atoms. The maximum atomic E-state index is 12.0. The maximum Gasteiger partial charge on any atom is 0.311 e. The zero-order chi connectivity index (χ0) is 14.1. The normalized spacial score (nSPS) is 10.8. The molecule has 0 radical (unpaired) electrons. The van der Waals surface area contributed by atoms with Crippen molar-refractivity contribution in [2.45, 2.75) is 13.8 Å². The molecule has 0 rings (SSSR count). The summed E-state index contributed by atoms with van der Waals surface area (Å²) in [6, 6.07) is 0. The van der Waals surface area contributed by atoms with Crippen LogP contribution in [-0.4, -0.2) is 68.4 Å². The Morgan fingerprint density at radius 2 is 1.83 bits per heavy atom. The minimum absolute atomic E-state index is 0.327. The summed E-state index contributed by atoms with van der Waals surface area (Å²) in [6.07, 6.45) is 0. The van der Waals surface area contributed by atoms with Crippen LogP contribution in [0.5, 0.6) is 0 Å². The highest BCUT2D eigenvalue weighted by Gasteiger charge is 2.21. The number of amides is 2. The molecule has 0 atom stereocenters. The molecule has 0 heterocycles. The number of carbonyl (C=O) groups is 2. The zero-order valence-corrected chi connectivity index (χ0v) is 11.9. The number of nitrogens with one attached hydrogen (secondary N) is 1. The highest BCUT2D eigenvalue weighted by Crippen LogP contribution is 2.00. The van der Waals surface area contributed by atoms with E-state index in [0.717, 1.165) is 6.54 Å². The number of carbonyl (C=O) groups excluding carboxylic acids is 2. The molecule has 0 spiro atoms. The molecule has 0 aliphatic carbocycles. The Kier molecular flexibility index (Phi) is 8.32. The van der Waals surface area contributed by atoms with Crippen LogP contribution >= 0.6 is 0 Å². The van der Waals surface area contributed by atoms with Gasteiger partial charge in [-0.1, -0.05) is 13.8 Å². The maximum absolute atomic E-state index is 12.0. The van der Waals surface area contributed by atoms with Crippen LogP contribution in [0.3, 0.4) is 0 Å².